The second-order valence-electron chi connectivity index (χ2n) is 6.56. The Bertz CT molecular complexity index is 1060. The van der Waals surface area contributed by atoms with E-state index in [-0.39, 0.29) is 12.6 Å². The Kier molecular flexibility index (Phi) is 7.06. The van der Waals surface area contributed by atoms with Gasteiger partial charge in [-0.3, -0.25) is 10.00 Å². The summed E-state index contributed by atoms with van der Waals surface area (Å²) < 4.78 is 7.67. The number of aromatic nitrogens is 4. The minimum absolute atomic E-state index is 0.0286. The average molecular weight is 479 g/mol. The molecule has 10 nitrogen and oxygen atoms in total. The van der Waals surface area contributed by atoms with Crippen LogP contribution in [0.5, 0.6) is 5.75 Å². The first-order chi connectivity index (χ1) is 14.5. The first-order valence-electron chi connectivity index (χ1n) is 9.41. The molecule has 0 bridgehead atoms. The Morgan fingerprint density at radius 2 is 2.13 bits per heavy atom. The van der Waals surface area contributed by atoms with Gasteiger partial charge < -0.3 is 20.3 Å². The van der Waals surface area contributed by atoms with Crippen molar-refractivity contribution >= 4 is 44.8 Å². The van der Waals surface area contributed by atoms with Crippen LogP contribution in [0.3, 0.4) is 0 Å². The number of halogens is 1. The van der Waals surface area contributed by atoms with Crippen LogP contribution in [0.2, 0.25) is 0 Å². The Morgan fingerprint density at radius 3 is 2.80 bits per heavy atom. The van der Waals surface area contributed by atoms with Crippen molar-refractivity contribution in [3.63, 3.8) is 0 Å². The standard InChI is InChI=1S/C19H23BrN6O4/c1-3-4-7-21-17-15-14(22-18(23-17)24-19(28)29)16(20)25-26(15)9-12-6-5-11(10-27)8-13(12)30-2/h5-6,8,27H,3-4,7,9-10H2,1-2H3,(H,28,29)(H2,21,22,23,24). The zero-order valence-electron chi connectivity index (χ0n) is 16.6. The maximum absolute atomic E-state index is 11.1. The molecule has 0 atom stereocenters. The van der Waals surface area contributed by atoms with Gasteiger partial charge in [-0.25, -0.2) is 9.78 Å². The van der Waals surface area contributed by atoms with Crippen LogP contribution < -0.4 is 15.4 Å². The maximum atomic E-state index is 11.1. The molecule has 0 spiro atoms. The van der Waals surface area contributed by atoms with E-state index in [2.05, 4.69) is 48.6 Å². The first kappa shape index (κ1) is 21.8. The number of hydrogen-bond acceptors (Lipinski definition) is 7. The molecular formula is C19H23BrN6O4. The van der Waals surface area contributed by atoms with E-state index in [1.807, 2.05) is 12.1 Å². The van der Waals surface area contributed by atoms with Gasteiger partial charge in [0.1, 0.15) is 16.8 Å². The Hall–Kier alpha value is -2.92. The number of amides is 1. The fraction of sp³-hybridized carbons (Fsp3) is 0.368. The number of fused-ring (bicyclic) bond motifs is 1. The van der Waals surface area contributed by atoms with Crippen LogP contribution in [0, 0.1) is 0 Å². The fourth-order valence-corrected chi connectivity index (χ4v) is 3.47. The highest BCUT2D eigenvalue weighted by molar-refractivity contribution is 9.10. The molecule has 1 aromatic carbocycles. The Morgan fingerprint density at radius 1 is 1.33 bits per heavy atom. The summed E-state index contributed by atoms with van der Waals surface area (Å²) in [4.78, 5) is 19.7. The molecule has 1 amide bonds. The summed E-state index contributed by atoms with van der Waals surface area (Å²) in [6.45, 7) is 3.05. The van der Waals surface area contributed by atoms with E-state index in [9.17, 15) is 9.90 Å². The summed E-state index contributed by atoms with van der Waals surface area (Å²) in [6, 6.07) is 5.48. The van der Waals surface area contributed by atoms with Crippen LogP contribution >= 0.6 is 15.9 Å². The fourth-order valence-electron chi connectivity index (χ4n) is 3.00. The molecule has 0 saturated heterocycles. The number of aliphatic hydroxyl groups excluding tert-OH is 1. The van der Waals surface area contributed by atoms with Gasteiger partial charge in [-0.1, -0.05) is 25.5 Å². The van der Waals surface area contributed by atoms with Crippen molar-refractivity contribution in [1.82, 2.24) is 19.7 Å². The van der Waals surface area contributed by atoms with Gasteiger partial charge in [0.05, 0.1) is 20.3 Å². The van der Waals surface area contributed by atoms with E-state index in [1.54, 1.807) is 17.9 Å². The average Bonchev–Trinajstić information content (AvgIpc) is 3.03. The number of carbonyl (C=O) groups is 1. The molecule has 0 aliphatic heterocycles. The van der Waals surface area contributed by atoms with E-state index in [0.717, 1.165) is 24.0 Å². The number of nitrogens with zero attached hydrogens (tertiary/aromatic N) is 4. The van der Waals surface area contributed by atoms with Crippen LogP contribution in [-0.4, -0.2) is 49.7 Å². The SMILES string of the molecule is CCCCNc1nc(NC(=O)O)nc2c(Br)nn(Cc3ccc(CO)cc3OC)c12. The molecule has 0 radical (unpaired) electrons. The van der Waals surface area contributed by atoms with Crippen molar-refractivity contribution in [2.75, 3.05) is 24.3 Å². The second-order valence-corrected chi connectivity index (χ2v) is 7.31. The van der Waals surface area contributed by atoms with Gasteiger partial charge in [0.15, 0.2) is 10.4 Å². The molecule has 11 heteroatoms. The van der Waals surface area contributed by atoms with Crippen molar-refractivity contribution in [2.24, 2.45) is 0 Å². The van der Waals surface area contributed by atoms with Crippen LogP contribution in [0.1, 0.15) is 30.9 Å². The van der Waals surface area contributed by atoms with Crippen molar-refractivity contribution in [1.29, 1.82) is 0 Å². The lowest BCUT2D eigenvalue weighted by Crippen LogP contribution is -2.14. The van der Waals surface area contributed by atoms with Crippen LogP contribution in [0.25, 0.3) is 11.0 Å². The third kappa shape index (κ3) is 4.79. The predicted octanol–water partition coefficient (Wildman–Crippen LogP) is 3.44. The van der Waals surface area contributed by atoms with Crippen molar-refractivity contribution in [2.45, 2.75) is 32.9 Å². The zero-order valence-corrected chi connectivity index (χ0v) is 18.2. The van der Waals surface area contributed by atoms with Gasteiger partial charge in [0.2, 0.25) is 5.95 Å². The number of unbranched alkanes of at least 4 members (excludes halogenated alkanes) is 1. The van der Waals surface area contributed by atoms with Crippen LogP contribution in [0.4, 0.5) is 16.6 Å². The number of nitrogens with one attached hydrogen (secondary N) is 2. The van der Waals surface area contributed by atoms with E-state index in [1.165, 1.54) is 0 Å². The van der Waals surface area contributed by atoms with Gasteiger partial charge in [-0.05, 0) is 34.0 Å². The van der Waals surface area contributed by atoms with Gasteiger partial charge >= 0.3 is 6.09 Å². The Labute approximate surface area is 181 Å². The lowest BCUT2D eigenvalue weighted by Gasteiger charge is -2.13. The normalized spacial score (nSPS) is 10.9. The number of methoxy groups -OCH3 is 1. The molecule has 0 aliphatic carbocycles. The smallest absolute Gasteiger partial charge is 0.411 e. The molecule has 4 N–H and O–H groups in total. The maximum Gasteiger partial charge on any atom is 0.411 e. The van der Waals surface area contributed by atoms with Crippen molar-refractivity contribution < 1.29 is 19.7 Å². The summed E-state index contributed by atoms with van der Waals surface area (Å²) >= 11 is 3.42. The van der Waals surface area contributed by atoms with Crippen LogP contribution in [0.15, 0.2) is 22.8 Å². The molecule has 2 heterocycles. The van der Waals surface area contributed by atoms with E-state index in [4.69, 9.17) is 9.84 Å². The highest BCUT2D eigenvalue weighted by Crippen LogP contribution is 2.30. The number of hydrogen-bond donors (Lipinski definition) is 4. The van der Waals surface area contributed by atoms with Gasteiger partial charge in [0, 0.05) is 12.1 Å². The zero-order chi connectivity index (χ0) is 21.7. The minimum atomic E-state index is -1.24. The number of benzene rings is 1. The van der Waals surface area contributed by atoms with Gasteiger partial charge in [-0.15, -0.1) is 0 Å². The van der Waals surface area contributed by atoms with Crippen molar-refractivity contribution in [3.8, 4) is 5.75 Å². The van der Waals surface area contributed by atoms with Gasteiger partial charge in [0.25, 0.3) is 0 Å². The molecule has 0 fully saturated rings. The monoisotopic (exact) mass is 478 g/mol. The molecule has 0 unspecified atom stereocenters. The molecule has 2 aromatic heterocycles. The molecule has 3 rings (SSSR count). The number of rotatable bonds is 9. The molecular weight excluding hydrogens is 456 g/mol. The number of ether oxygens (including phenoxy) is 1. The minimum Gasteiger partial charge on any atom is -0.496 e. The highest BCUT2D eigenvalue weighted by Gasteiger charge is 2.19. The molecule has 160 valence electrons. The lowest BCUT2D eigenvalue weighted by molar-refractivity contribution is 0.209. The topological polar surface area (TPSA) is 134 Å². The summed E-state index contributed by atoms with van der Waals surface area (Å²) in [7, 11) is 1.57. The van der Waals surface area contributed by atoms with E-state index >= 15 is 0 Å². The first-order valence-corrected chi connectivity index (χ1v) is 10.2. The van der Waals surface area contributed by atoms with E-state index in [0.29, 0.717) is 40.3 Å². The summed E-state index contributed by atoms with van der Waals surface area (Å²) in [5.41, 5.74) is 2.73. The summed E-state index contributed by atoms with van der Waals surface area (Å²) in [5.74, 6) is 1.09. The molecule has 0 aliphatic rings. The van der Waals surface area contributed by atoms with E-state index < -0.39 is 6.09 Å². The molecule has 3 aromatic rings. The molecule has 30 heavy (non-hydrogen) atoms. The summed E-state index contributed by atoms with van der Waals surface area (Å²) in [5, 5.41) is 28.4. The predicted molar refractivity (Wildman–Crippen MR) is 116 cm³/mol. The number of carboxylic acid groups (broad SMARTS) is 1. The quantitative estimate of drug-likeness (QED) is 0.343. The lowest BCUT2D eigenvalue weighted by atomic mass is 10.1. The summed E-state index contributed by atoms with van der Waals surface area (Å²) in [6.07, 6.45) is 0.684. The largest absolute Gasteiger partial charge is 0.496 e. The van der Waals surface area contributed by atoms with Crippen LogP contribution in [-0.2, 0) is 13.2 Å². The highest BCUT2D eigenvalue weighted by atomic mass is 79.9. The number of anilines is 2. The second kappa shape index (κ2) is 9.72. The number of aliphatic hydroxyl groups is 1. The third-order valence-electron chi connectivity index (χ3n) is 4.44. The van der Waals surface area contributed by atoms with Crippen molar-refractivity contribution in [3.05, 3.63) is 33.9 Å². The Balaban J connectivity index is 2.07. The third-order valence-corrected chi connectivity index (χ3v) is 4.98. The van der Waals surface area contributed by atoms with Gasteiger partial charge in [-0.2, -0.15) is 10.1 Å². The molecule has 0 saturated carbocycles.